The number of hydrogen-bond donors (Lipinski definition) is 3. The maximum Gasteiger partial charge on any atom is 0.223 e. The summed E-state index contributed by atoms with van der Waals surface area (Å²) in [5.41, 5.74) is 7.61. The number of imidazole rings is 1. The number of amides is 1. The lowest BCUT2D eigenvalue weighted by molar-refractivity contribution is -0.125. The molecule has 21 heavy (non-hydrogen) atoms. The Morgan fingerprint density at radius 3 is 3.10 bits per heavy atom. The number of H-pyrrole nitrogens is 1. The number of ether oxygens (including phenoxy) is 1. The molecule has 4 N–H and O–H groups in total. The summed E-state index contributed by atoms with van der Waals surface area (Å²) in [7, 11) is 1.63. The Morgan fingerprint density at radius 1 is 1.52 bits per heavy atom. The van der Waals surface area contributed by atoms with E-state index in [0.29, 0.717) is 6.54 Å². The number of fused-ring (bicyclic) bond motifs is 1. The molecule has 0 aliphatic heterocycles. The zero-order valence-corrected chi connectivity index (χ0v) is 12.1. The molecule has 1 aliphatic carbocycles. The van der Waals surface area contributed by atoms with Crippen LogP contribution >= 0.6 is 0 Å². The Labute approximate surface area is 123 Å². The topological polar surface area (TPSA) is 93.0 Å². The number of rotatable bonds is 4. The van der Waals surface area contributed by atoms with Crippen LogP contribution in [0.15, 0.2) is 18.2 Å². The summed E-state index contributed by atoms with van der Waals surface area (Å²) in [5, 5.41) is 2.93. The van der Waals surface area contributed by atoms with Crippen molar-refractivity contribution in [3.05, 3.63) is 24.0 Å². The predicted octanol–water partition coefficient (Wildman–Crippen LogP) is 1.32. The van der Waals surface area contributed by atoms with E-state index in [0.717, 1.165) is 41.9 Å². The maximum absolute atomic E-state index is 12.1. The molecular weight excluding hydrogens is 268 g/mol. The van der Waals surface area contributed by atoms with Crippen molar-refractivity contribution in [1.29, 1.82) is 0 Å². The minimum atomic E-state index is 0.0458. The van der Waals surface area contributed by atoms with Gasteiger partial charge in [0.15, 0.2) is 0 Å². The molecule has 6 heteroatoms. The van der Waals surface area contributed by atoms with Gasteiger partial charge in [0.05, 0.1) is 24.7 Å². The van der Waals surface area contributed by atoms with E-state index < -0.39 is 0 Å². The summed E-state index contributed by atoms with van der Waals surface area (Å²) in [6.07, 6.45) is 2.59. The first-order chi connectivity index (χ1) is 10.2. The zero-order valence-electron chi connectivity index (χ0n) is 12.1. The number of carbonyl (C=O) groups is 1. The zero-order chi connectivity index (χ0) is 14.8. The fourth-order valence-corrected chi connectivity index (χ4v) is 2.82. The molecule has 1 saturated carbocycles. The number of carbonyl (C=O) groups excluding carboxylic acids is 1. The van der Waals surface area contributed by atoms with Crippen LogP contribution in [0, 0.1) is 5.92 Å². The van der Waals surface area contributed by atoms with Crippen molar-refractivity contribution >= 4 is 16.9 Å². The normalized spacial score (nSPS) is 21.6. The average molecular weight is 288 g/mol. The molecule has 1 amide bonds. The number of aromatic amines is 1. The average Bonchev–Trinajstić information content (AvgIpc) is 3.09. The summed E-state index contributed by atoms with van der Waals surface area (Å²) >= 11 is 0. The van der Waals surface area contributed by atoms with Gasteiger partial charge < -0.3 is 20.8 Å². The number of aromatic nitrogens is 2. The molecule has 1 aliphatic rings. The second kappa shape index (κ2) is 5.73. The van der Waals surface area contributed by atoms with Gasteiger partial charge in [0.2, 0.25) is 5.91 Å². The molecule has 112 valence electrons. The van der Waals surface area contributed by atoms with E-state index in [9.17, 15) is 4.79 Å². The number of benzene rings is 1. The molecule has 0 bridgehead atoms. The highest BCUT2D eigenvalue weighted by atomic mass is 16.5. The third kappa shape index (κ3) is 3.00. The van der Waals surface area contributed by atoms with Crippen LogP contribution in [0.2, 0.25) is 0 Å². The van der Waals surface area contributed by atoms with E-state index in [2.05, 4.69) is 15.3 Å². The lowest BCUT2D eigenvalue weighted by atomic mass is 10.1. The molecule has 0 saturated heterocycles. The minimum absolute atomic E-state index is 0.0458. The van der Waals surface area contributed by atoms with Gasteiger partial charge in [-0.15, -0.1) is 0 Å². The quantitative estimate of drug-likeness (QED) is 0.791. The van der Waals surface area contributed by atoms with Crippen molar-refractivity contribution in [2.24, 2.45) is 11.7 Å². The van der Waals surface area contributed by atoms with E-state index in [1.165, 1.54) is 0 Å². The monoisotopic (exact) mass is 288 g/mol. The molecule has 0 spiro atoms. The Balaban J connectivity index is 1.63. The van der Waals surface area contributed by atoms with E-state index in [4.69, 9.17) is 10.5 Å². The van der Waals surface area contributed by atoms with Crippen molar-refractivity contribution < 1.29 is 9.53 Å². The van der Waals surface area contributed by atoms with Crippen molar-refractivity contribution in [3.63, 3.8) is 0 Å². The molecule has 2 aromatic rings. The Morgan fingerprint density at radius 2 is 2.38 bits per heavy atom. The van der Waals surface area contributed by atoms with Crippen LogP contribution in [0.4, 0.5) is 0 Å². The highest BCUT2D eigenvalue weighted by Crippen LogP contribution is 2.24. The van der Waals surface area contributed by atoms with Crippen LogP contribution in [-0.4, -0.2) is 29.0 Å². The number of nitrogens with zero attached hydrogens (tertiary/aromatic N) is 1. The fraction of sp³-hybridized carbons (Fsp3) is 0.467. The van der Waals surface area contributed by atoms with Gasteiger partial charge in [0, 0.05) is 18.0 Å². The van der Waals surface area contributed by atoms with E-state index in [-0.39, 0.29) is 17.9 Å². The molecule has 1 fully saturated rings. The molecule has 1 heterocycles. The second-order valence-electron chi connectivity index (χ2n) is 5.55. The van der Waals surface area contributed by atoms with Gasteiger partial charge >= 0.3 is 0 Å². The first-order valence-electron chi connectivity index (χ1n) is 7.21. The fourth-order valence-electron chi connectivity index (χ4n) is 2.82. The Bertz CT molecular complexity index is 652. The van der Waals surface area contributed by atoms with Gasteiger partial charge in [-0.05, 0) is 31.4 Å². The highest BCUT2D eigenvalue weighted by molar-refractivity contribution is 5.79. The third-order valence-corrected chi connectivity index (χ3v) is 4.01. The standard InChI is InChI=1S/C15H20N4O2/c1-21-11-4-5-12-13(7-11)19-14(18-12)8-17-15(20)9-2-3-10(16)6-9/h4-5,7,9-10H,2-3,6,8,16H2,1H3,(H,17,20)(H,18,19)/t9-,10+/m0/s1. The Hall–Kier alpha value is -2.08. The highest BCUT2D eigenvalue weighted by Gasteiger charge is 2.27. The number of hydrogen-bond acceptors (Lipinski definition) is 4. The first kappa shape index (κ1) is 13.9. The van der Waals surface area contributed by atoms with Crippen molar-refractivity contribution in [3.8, 4) is 5.75 Å². The van der Waals surface area contributed by atoms with Crippen LogP contribution in [0.5, 0.6) is 5.75 Å². The summed E-state index contributed by atoms with van der Waals surface area (Å²) in [5.74, 6) is 1.64. The van der Waals surface area contributed by atoms with Crippen LogP contribution in [0.25, 0.3) is 11.0 Å². The molecular formula is C15H20N4O2. The largest absolute Gasteiger partial charge is 0.497 e. The van der Waals surface area contributed by atoms with Crippen LogP contribution in [-0.2, 0) is 11.3 Å². The van der Waals surface area contributed by atoms with E-state index in [1.54, 1.807) is 7.11 Å². The van der Waals surface area contributed by atoms with Crippen molar-refractivity contribution in [2.45, 2.75) is 31.8 Å². The molecule has 3 rings (SSSR count). The van der Waals surface area contributed by atoms with Crippen LogP contribution in [0.3, 0.4) is 0 Å². The number of nitrogens with two attached hydrogens (primary N) is 1. The predicted molar refractivity (Wildman–Crippen MR) is 79.8 cm³/mol. The van der Waals surface area contributed by atoms with Gasteiger partial charge in [0.1, 0.15) is 11.6 Å². The van der Waals surface area contributed by atoms with Gasteiger partial charge in [-0.2, -0.15) is 0 Å². The first-order valence-corrected chi connectivity index (χ1v) is 7.21. The van der Waals surface area contributed by atoms with E-state index >= 15 is 0 Å². The number of methoxy groups -OCH3 is 1. The van der Waals surface area contributed by atoms with Gasteiger partial charge in [0.25, 0.3) is 0 Å². The van der Waals surface area contributed by atoms with Crippen molar-refractivity contribution in [2.75, 3.05) is 7.11 Å². The van der Waals surface area contributed by atoms with Gasteiger partial charge in [-0.25, -0.2) is 4.98 Å². The third-order valence-electron chi connectivity index (χ3n) is 4.01. The van der Waals surface area contributed by atoms with Crippen LogP contribution < -0.4 is 15.8 Å². The molecule has 1 aromatic carbocycles. The summed E-state index contributed by atoms with van der Waals surface area (Å²) < 4.78 is 5.18. The van der Waals surface area contributed by atoms with Gasteiger partial charge in [-0.1, -0.05) is 0 Å². The lowest BCUT2D eigenvalue weighted by Crippen LogP contribution is -2.30. The number of nitrogens with one attached hydrogen (secondary N) is 2. The second-order valence-corrected chi connectivity index (χ2v) is 5.55. The summed E-state index contributed by atoms with van der Waals surface area (Å²) in [4.78, 5) is 19.7. The minimum Gasteiger partial charge on any atom is -0.497 e. The van der Waals surface area contributed by atoms with E-state index in [1.807, 2.05) is 18.2 Å². The molecule has 0 unspecified atom stereocenters. The Kier molecular flexibility index (Phi) is 3.79. The molecule has 0 radical (unpaired) electrons. The SMILES string of the molecule is COc1ccc2nc(CNC(=O)[C@H]3CC[C@@H](N)C3)[nH]c2c1. The summed E-state index contributed by atoms with van der Waals surface area (Å²) in [6.45, 7) is 0.404. The van der Waals surface area contributed by atoms with Crippen LogP contribution in [0.1, 0.15) is 25.1 Å². The van der Waals surface area contributed by atoms with Gasteiger partial charge in [-0.3, -0.25) is 4.79 Å². The molecule has 2 atom stereocenters. The lowest BCUT2D eigenvalue weighted by Gasteiger charge is -2.09. The maximum atomic E-state index is 12.1. The smallest absolute Gasteiger partial charge is 0.223 e. The molecule has 1 aromatic heterocycles. The summed E-state index contributed by atoms with van der Waals surface area (Å²) in [6, 6.07) is 5.82. The van der Waals surface area contributed by atoms with Crippen molar-refractivity contribution in [1.82, 2.24) is 15.3 Å². The molecule has 6 nitrogen and oxygen atoms in total.